The second-order valence-corrected chi connectivity index (χ2v) is 6.97. The van der Waals surface area contributed by atoms with Gasteiger partial charge >= 0.3 is 11.9 Å². The van der Waals surface area contributed by atoms with Crippen LogP contribution in [0.4, 0.5) is 0 Å². The molecule has 0 unspecified atom stereocenters. The Kier molecular flexibility index (Phi) is 4.60. The number of aromatic carboxylic acids is 2. The van der Waals surface area contributed by atoms with E-state index in [9.17, 15) is 24.6 Å². The molecule has 0 aromatic heterocycles. The minimum absolute atomic E-state index is 0.0521. The molecule has 0 saturated heterocycles. The molecule has 4 N–H and O–H groups in total. The Hall–Kier alpha value is -3.97. The van der Waals surface area contributed by atoms with E-state index in [1.165, 1.54) is 24.3 Å². The third-order valence-corrected chi connectivity index (χ3v) is 5.08. The topological polar surface area (TPSA) is 131 Å². The number of hydrogen-bond donors (Lipinski definition) is 3. The number of hydrogen-bond acceptors (Lipinski definition) is 5. The summed E-state index contributed by atoms with van der Waals surface area (Å²) in [5.74, 6) is -2.12. The SMILES string of the molecule is Cc1ccc2c(-c3cc(C(=O)O)ccc3C(=O)O)c3ccc(=O)c(CN)c-3oc2c1. The molecule has 0 amide bonds. The first-order chi connectivity index (χ1) is 14.3. The van der Waals surface area contributed by atoms with Crippen LogP contribution in [0.5, 0.6) is 0 Å². The van der Waals surface area contributed by atoms with Crippen LogP contribution >= 0.6 is 0 Å². The van der Waals surface area contributed by atoms with Gasteiger partial charge in [-0.15, -0.1) is 0 Å². The number of rotatable bonds is 4. The predicted octanol–water partition coefficient (Wildman–Crippen LogP) is 3.73. The lowest BCUT2D eigenvalue weighted by molar-refractivity contribution is 0.0682. The molecule has 2 aromatic carbocycles. The molecular formula is C23H17NO6. The van der Waals surface area contributed by atoms with Gasteiger partial charge in [0.25, 0.3) is 0 Å². The number of aryl methyl sites for hydroxylation is 1. The van der Waals surface area contributed by atoms with Gasteiger partial charge in [0.1, 0.15) is 11.3 Å². The molecule has 0 atom stereocenters. The van der Waals surface area contributed by atoms with Crippen molar-refractivity contribution in [3.8, 4) is 22.5 Å². The Balaban J connectivity index is 2.25. The van der Waals surface area contributed by atoms with E-state index >= 15 is 0 Å². The molecule has 30 heavy (non-hydrogen) atoms. The number of nitrogens with two attached hydrogens (primary N) is 1. The molecule has 150 valence electrons. The Morgan fingerprint density at radius 2 is 1.73 bits per heavy atom. The van der Waals surface area contributed by atoms with Crippen LogP contribution in [0.15, 0.2) is 57.7 Å². The minimum atomic E-state index is -1.20. The highest BCUT2D eigenvalue weighted by Gasteiger charge is 2.25. The number of carboxylic acid groups (broad SMARTS) is 2. The van der Waals surface area contributed by atoms with Crippen molar-refractivity contribution in [1.82, 2.24) is 0 Å². The molecule has 7 nitrogen and oxygen atoms in total. The van der Waals surface area contributed by atoms with Crippen molar-refractivity contribution in [3.63, 3.8) is 0 Å². The van der Waals surface area contributed by atoms with Gasteiger partial charge in [0.05, 0.1) is 16.7 Å². The smallest absolute Gasteiger partial charge is 0.336 e. The molecule has 0 fully saturated rings. The van der Waals surface area contributed by atoms with Gasteiger partial charge in [-0.05, 0) is 54.4 Å². The van der Waals surface area contributed by atoms with Crippen LogP contribution in [0.3, 0.4) is 0 Å². The lowest BCUT2D eigenvalue weighted by atomic mass is 9.88. The summed E-state index contributed by atoms with van der Waals surface area (Å²) in [6.45, 7) is 1.82. The maximum Gasteiger partial charge on any atom is 0.336 e. The van der Waals surface area contributed by atoms with Gasteiger partial charge in [0, 0.05) is 23.1 Å². The minimum Gasteiger partial charge on any atom is -0.478 e. The molecule has 0 bridgehead atoms. The van der Waals surface area contributed by atoms with E-state index in [0.717, 1.165) is 5.56 Å². The average molecular weight is 403 g/mol. The van der Waals surface area contributed by atoms with E-state index < -0.39 is 11.9 Å². The van der Waals surface area contributed by atoms with E-state index in [0.29, 0.717) is 22.1 Å². The summed E-state index contributed by atoms with van der Waals surface area (Å²) in [6.07, 6.45) is 0. The Bertz CT molecular complexity index is 1370. The summed E-state index contributed by atoms with van der Waals surface area (Å²) in [6, 6.07) is 12.2. The Morgan fingerprint density at radius 3 is 2.40 bits per heavy atom. The molecule has 4 rings (SSSR count). The van der Waals surface area contributed by atoms with Crippen LogP contribution in [0, 0.1) is 6.92 Å². The van der Waals surface area contributed by atoms with Gasteiger partial charge in [-0.1, -0.05) is 12.1 Å². The number of fused-ring (bicyclic) bond motifs is 2. The van der Waals surface area contributed by atoms with Gasteiger partial charge in [-0.2, -0.15) is 0 Å². The summed E-state index contributed by atoms with van der Waals surface area (Å²) in [5.41, 5.74) is 8.18. The second kappa shape index (κ2) is 7.13. The van der Waals surface area contributed by atoms with E-state index in [2.05, 4.69) is 0 Å². The zero-order chi connectivity index (χ0) is 21.6. The largest absolute Gasteiger partial charge is 0.478 e. The molecular weight excluding hydrogens is 386 g/mol. The second-order valence-electron chi connectivity index (χ2n) is 6.97. The maximum absolute atomic E-state index is 12.3. The highest BCUT2D eigenvalue weighted by Crippen LogP contribution is 2.42. The van der Waals surface area contributed by atoms with Crippen molar-refractivity contribution in [1.29, 1.82) is 0 Å². The summed E-state index contributed by atoms with van der Waals surface area (Å²) in [4.78, 5) is 35.8. The predicted molar refractivity (Wildman–Crippen MR) is 111 cm³/mol. The van der Waals surface area contributed by atoms with E-state index in [1.54, 1.807) is 18.2 Å². The van der Waals surface area contributed by atoms with Gasteiger partial charge < -0.3 is 20.4 Å². The average Bonchev–Trinajstić information content (AvgIpc) is 2.71. The van der Waals surface area contributed by atoms with Crippen LogP contribution in [0.1, 0.15) is 31.8 Å². The highest BCUT2D eigenvalue weighted by molar-refractivity contribution is 6.08. The van der Waals surface area contributed by atoms with Crippen LogP contribution in [0.2, 0.25) is 0 Å². The molecule has 0 spiro atoms. The summed E-state index contributed by atoms with van der Waals surface area (Å²) >= 11 is 0. The van der Waals surface area contributed by atoms with Crippen molar-refractivity contribution in [2.45, 2.75) is 13.5 Å². The van der Waals surface area contributed by atoms with Crippen LogP contribution in [-0.2, 0) is 6.54 Å². The maximum atomic E-state index is 12.3. The fourth-order valence-electron chi connectivity index (χ4n) is 3.65. The van der Waals surface area contributed by atoms with Gasteiger partial charge in [0.15, 0.2) is 5.43 Å². The Morgan fingerprint density at radius 1 is 0.967 bits per heavy atom. The number of carbonyl (C=O) groups is 2. The van der Waals surface area contributed by atoms with Crippen LogP contribution < -0.4 is 11.2 Å². The van der Waals surface area contributed by atoms with Crippen LogP contribution in [-0.4, -0.2) is 22.2 Å². The van der Waals surface area contributed by atoms with Crippen LogP contribution in [0.25, 0.3) is 33.4 Å². The van der Waals surface area contributed by atoms with Gasteiger partial charge in [-0.3, -0.25) is 4.79 Å². The zero-order valence-electron chi connectivity index (χ0n) is 15.9. The monoisotopic (exact) mass is 403 g/mol. The standard InChI is InChI=1S/C23H17NO6/c1-11-2-4-14-19(8-11)30-21-15(6-7-18(25)17(21)10-24)20(14)16-9-12(22(26)27)3-5-13(16)23(28)29/h2-9H,10,24H2,1H3,(H,26,27)(H,28,29). The lowest BCUT2D eigenvalue weighted by Gasteiger charge is -2.19. The lowest BCUT2D eigenvalue weighted by Crippen LogP contribution is -2.15. The number of benzene rings is 3. The molecule has 0 radical (unpaired) electrons. The van der Waals surface area contributed by atoms with Crippen molar-refractivity contribution < 1.29 is 24.2 Å². The zero-order valence-corrected chi connectivity index (χ0v) is 15.9. The Labute approximate surface area is 170 Å². The van der Waals surface area contributed by atoms with Gasteiger partial charge in [-0.25, -0.2) is 9.59 Å². The van der Waals surface area contributed by atoms with E-state index in [1.807, 2.05) is 13.0 Å². The third kappa shape index (κ3) is 3.01. The highest BCUT2D eigenvalue weighted by atomic mass is 16.4. The first-order valence-electron chi connectivity index (χ1n) is 9.12. The first kappa shape index (κ1) is 19.4. The summed E-state index contributed by atoms with van der Waals surface area (Å²) in [7, 11) is 0. The van der Waals surface area contributed by atoms with Crippen molar-refractivity contribution in [2.75, 3.05) is 0 Å². The summed E-state index contributed by atoms with van der Waals surface area (Å²) < 4.78 is 6.03. The third-order valence-electron chi connectivity index (χ3n) is 5.08. The fourth-order valence-corrected chi connectivity index (χ4v) is 3.65. The molecule has 7 heteroatoms. The summed E-state index contributed by atoms with van der Waals surface area (Å²) in [5, 5.41) is 19.8. The van der Waals surface area contributed by atoms with Crippen molar-refractivity contribution >= 4 is 22.9 Å². The van der Waals surface area contributed by atoms with Gasteiger partial charge in [0.2, 0.25) is 0 Å². The van der Waals surface area contributed by atoms with Crippen molar-refractivity contribution in [2.24, 2.45) is 5.73 Å². The van der Waals surface area contributed by atoms with Crippen molar-refractivity contribution in [3.05, 3.63) is 81.0 Å². The normalized spacial score (nSPS) is 11.1. The number of carboxylic acids is 2. The molecule has 0 saturated carbocycles. The van der Waals surface area contributed by atoms with E-state index in [4.69, 9.17) is 10.2 Å². The first-order valence-corrected chi connectivity index (χ1v) is 9.12. The molecule has 2 aromatic rings. The quantitative estimate of drug-likeness (QED) is 0.443. The molecule has 2 aliphatic rings. The molecule has 1 aliphatic carbocycles. The molecule has 1 heterocycles. The van der Waals surface area contributed by atoms with E-state index in [-0.39, 0.29) is 40.0 Å². The fraction of sp³-hybridized carbons (Fsp3) is 0.0870. The molecule has 1 aliphatic heterocycles.